The summed E-state index contributed by atoms with van der Waals surface area (Å²) in [5, 5.41) is 2.73. The molecule has 2 aromatic heterocycles. The first-order chi connectivity index (χ1) is 12.6. The van der Waals surface area contributed by atoms with Gasteiger partial charge in [0.15, 0.2) is 0 Å². The number of anilines is 1. The number of nitrogens with zero attached hydrogens (tertiary/aromatic N) is 6. The highest BCUT2D eigenvalue weighted by atomic mass is 35.5. The third-order valence-corrected chi connectivity index (χ3v) is 4.34. The van der Waals surface area contributed by atoms with E-state index in [2.05, 4.69) is 19.9 Å². The number of imidazole rings is 1. The zero-order chi connectivity index (χ0) is 18.1. The van der Waals surface area contributed by atoms with Gasteiger partial charge in [0.05, 0.1) is 17.6 Å². The second kappa shape index (κ2) is 6.61. The number of allylic oxidation sites excluding steroid dienone is 2. The maximum atomic E-state index is 5.95. The molecule has 4 rings (SSSR count). The van der Waals surface area contributed by atoms with Crippen molar-refractivity contribution in [2.24, 2.45) is 4.99 Å². The Balaban J connectivity index is 1.56. The van der Waals surface area contributed by atoms with Crippen LogP contribution in [0.15, 0.2) is 65.9 Å². The molecule has 0 saturated carbocycles. The van der Waals surface area contributed by atoms with Crippen molar-refractivity contribution in [2.45, 2.75) is 6.92 Å². The molecule has 2 N–H and O–H groups in total. The van der Waals surface area contributed by atoms with Gasteiger partial charge >= 0.3 is 0 Å². The standard InChI is InChI=1S/C18H16ClN7/c1-12-6-16(13-2-4-15(19)5-3-13)24-11-26(12)25-9-17(23-10-25)14-7-21-18(20)22-8-14/h2-10H,11H2,1H3,(H2,20,21,22). The molecule has 0 bridgehead atoms. The molecule has 0 amide bonds. The van der Waals surface area contributed by atoms with Gasteiger partial charge in [-0.1, -0.05) is 23.7 Å². The lowest BCUT2D eigenvalue weighted by Crippen LogP contribution is -2.35. The van der Waals surface area contributed by atoms with E-state index >= 15 is 0 Å². The first-order valence-corrected chi connectivity index (χ1v) is 8.36. The normalized spacial score (nSPS) is 14.2. The monoisotopic (exact) mass is 365 g/mol. The van der Waals surface area contributed by atoms with E-state index in [1.54, 1.807) is 18.7 Å². The van der Waals surface area contributed by atoms with Crippen molar-refractivity contribution < 1.29 is 0 Å². The molecule has 0 saturated heterocycles. The summed E-state index contributed by atoms with van der Waals surface area (Å²) in [4.78, 5) is 17.1. The lowest BCUT2D eigenvalue weighted by Gasteiger charge is -2.27. The Morgan fingerprint density at radius 3 is 2.46 bits per heavy atom. The molecule has 3 heterocycles. The fourth-order valence-corrected chi connectivity index (χ4v) is 2.81. The van der Waals surface area contributed by atoms with Gasteiger partial charge in [-0.2, -0.15) is 0 Å². The van der Waals surface area contributed by atoms with Crippen LogP contribution in [0.1, 0.15) is 12.5 Å². The Morgan fingerprint density at radius 2 is 1.77 bits per heavy atom. The summed E-state index contributed by atoms with van der Waals surface area (Å²) in [6, 6.07) is 7.67. The van der Waals surface area contributed by atoms with Gasteiger partial charge in [0.1, 0.15) is 13.0 Å². The first-order valence-electron chi connectivity index (χ1n) is 7.98. The molecule has 0 unspecified atom stereocenters. The van der Waals surface area contributed by atoms with Crippen LogP contribution in [-0.2, 0) is 0 Å². The van der Waals surface area contributed by atoms with Gasteiger partial charge in [-0.25, -0.2) is 19.6 Å². The van der Waals surface area contributed by atoms with Crippen molar-refractivity contribution in [1.82, 2.24) is 19.6 Å². The van der Waals surface area contributed by atoms with E-state index in [9.17, 15) is 0 Å². The average Bonchev–Trinajstić information content (AvgIpc) is 3.12. The van der Waals surface area contributed by atoms with E-state index in [1.807, 2.05) is 53.1 Å². The maximum Gasteiger partial charge on any atom is 0.219 e. The summed E-state index contributed by atoms with van der Waals surface area (Å²) in [5.74, 6) is 0.243. The summed E-state index contributed by atoms with van der Waals surface area (Å²) < 4.78 is 1.90. The minimum Gasteiger partial charge on any atom is -0.368 e. The lowest BCUT2D eigenvalue weighted by atomic mass is 10.1. The van der Waals surface area contributed by atoms with Crippen LogP contribution in [0.4, 0.5) is 5.95 Å². The lowest BCUT2D eigenvalue weighted by molar-refractivity contribution is 0.657. The second-order valence-electron chi connectivity index (χ2n) is 5.85. The van der Waals surface area contributed by atoms with Crippen molar-refractivity contribution >= 4 is 23.3 Å². The number of hydrogen-bond donors (Lipinski definition) is 1. The highest BCUT2D eigenvalue weighted by Crippen LogP contribution is 2.19. The summed E-state index contributed by atoms with van der Waals surface area (Å²) in [6.45, 7) is 2.53. The number of halogens is 1. The van der Waals surface area contributed by atoms with Crippen LogP contribution in [0.5, 0.6) is 0 Å². The van der Waals surface area contributed by atoms with Crippen molar-refractivity contribution in [2.75, 3.05) is 17.4 Å². The molecule has 8 heteroatoms. The van der Waals surface area contributed by atoms with Crippen LogP contribution in [-0.4, -0.2) is 32.0 Å². The highest BCUT2D eigenvalue weighted by molar-refractivity contribution is 6.30. The molecular weight excluding hydrogens is 350 g/mol. The SMILES string of the molecule is CC1=CC(c2ccc(Cl)cc2)=NCN1n1cnc(-c2cnc(N)nc2)c1. The molecular formula is C18H16ClN7. The summed E-state index contributed by atoms with van der Waals surface area (Å²) in [5.41, 5.74) is 10.1. The van der Waals surface area contributed by atoms with Crippen LogP contribution < -0.4 is 10.7 Å². The zero-order valence-electron chi connectivity index (χ0n) is 14.0. The van der Waals surface area contributed by atoms with Crippen LogP contribution in [0.2, 0.25) is 5.02 Å². The van der Waals surface area contributed by atoms with Crippen molar-refractivity contribution in [1.29, 1.82) is 0 Å². The molecule has 7 nitrogen and oxygen atoms in total. The van der Waals surface area contributed by atoms with Crippen molar-refractivity contribution in [3.05, 3.63) is 71.5 Å². The Labute approximate surface area is 155 Å². The van der Waals surface area contributed by atoms with Crippen molar-refractivity contribution in [3.63, 3.8) is 0 Å². The Hall–Kier alpha value is -3.19. The quantitative estimate of drug-likeness (QED) is 0.771. The van der Waals surface area contributed by atoms with Gasteiger partial charge in [0, 0.05) is 28.7 Å². The molecule has 0 atom stereocenters. The third-order valence-electron chi connectivity index (χ3n) is 4.08. The zero-order valence-corrected chi connectivity index (χ0v) is 14.8. The minimum atomic E-state index is 0.243. The van der Waals surface area contributed by atoms with Crippen LogP contribution in [0.3, 0.4) is 0 Å². The molecule has 0 radical (unpaired) electrons. The number of rotatable bonds is 3. The van der Waals surface area contributed by atoms with Crippen LogP contribution in [0, 0.1) is 0 Å². The minimum absolute atomic E-state index is 0.243. The van der Waals surface area contributed by atoms with E-state index in [-0.39, 0.29) is 5.95 Å². The average molecular weight is 366 g/mol. The molecule has 0 fully saturated rings. The molecule has 3 aromatic rings. The third kappa shape index (κ3) is 3.16. The summed E-state index contributed by atoms with van der Waals surface area (Å²) >= 11 is 5.95. The fourth-order valence-electron chi connectivity index (χ4n) is 2.69. The predicted molar refractivity (Wildman–Crippen MR) is 102 cm³/mol. The number of aromatic nitrogens is 4. The first kappa shape index (κ1) is 16.3. The molecule has 1 aliphatic rings. The molecule has 130 valence electrons. The summed E-state index contributed by atoms with van der Waals surface area (Å²) in [6.07, 6.45) is 9.01. The number of aliphatic imine (C=N–C) groups is 1. The van der Waals surface area contributed by atoms with Crippen LogP contribution >= 0.6 is 11.6 Å². The highest BCUT2D eigenvalue weighted by Gasteiger charge is 2.15. The van der Waals surface area contributed by atoms with E-state index in [4.69, 9.17) is 17.3 Å². The number of nitrogen functional groups attached to an aromatic ring is 1. The van der Waals surface area contributed by atoms with Gasteiger partial charge in [-0.3, -0.25) is 10.0 Å². The predicted octanol–water partition coefficient (Wildman–Crippen LogP) is 2.88. The largest absolute Gasteiger partial charge is 0.368 e. The second-order valence-corrected chi connectivity index (χ2v) is 6.28. The van der Waals surface area contributed by atoms with Gasteiger partial charge in [0.25, 0.3) is 0 Å². The van der Waals surface area contributed by atoms with Gasteiger partial charge < -0.3 is 5.73 Å². The number of benzene rings is 1. The molecule has 26 heavy (non-hydrogen) atoms. The van der Waals surface area contributed by atoms with E-state index in [1.165, 1.54) is 0 Å². The van der Waals surface area contributed by atoms with E-state index < -0.39 is 0 Å². The molecule has 1 aromatic carbocycles. The maximum absolute atomic E-state index is 5.95. The Kier molecular flexibility index (Phi) is 4.14. The molecule has 0 aliphatic carbocycles. The van der Waals surface area contributed by atoms with E-state index in [0.717, 1.165) is 28.2 Å². The fraction of sp³-hybridized carbons (Fsp3) is 0.111. The van der Waals surface area contributed by atoms with Gasteiger partial charge in [-0.15, -0.1) is 0 Å². The number of hydrogen-bond acceptors (Lipinski definition) is 6. The topological polar surface area (TPSA) is 85.2 Å². The Morgan fingerprint density at radius 1 is 1.04 bits per heavy atom. The molecule has 1 aliphatic heterocycles. The number of nitrogens with two attached hydrogens (primary N) is 1. The molecule has 0 spiro atoms. The van der Waals surface area contributed by atoms with Gasteiger partial charge in [0.2, 0.25) is 5.95 Å². The van der Waals surface area contributed by atoms with Gasteiger partial charge in [-0.05, 0) is 30.7 Å². The smallest absolute Gasteiger partial charge is 0.219 e. The van der Waals surface area contributed by atoms with Crippen LogP contribution in [0.25, 0.3) is 11.3 Å². The summed E-state index contributed by atoms with van der Waals surface area (Å²) in [7, 11) is 0. The van der Waals surface area contributed by atoms with Crippen molar-refractivity contribution in [3.8, 4) is 11.3 Å². The Bertz CT molecular complexity index is 987. The van der Waals surface area contributed by atoms with E-state index in [0.29, 0.717) is 11.7 Å².